The van der Waals surface area contributed by atoms with Gasteiger partial charge >= 0.3 is 6.03 Å². The molecule has 0 aromatic heterocycles. The van der Waals surface area contributed by atoms with E-state index >= 15 is 0 Å². The highest BCUT2D eigenvalue weighted by atomic mass is 16.2. The second kappa shape index (κ2) is 4.90. The van der Waals surface area contributed by atoms with E-state index in [-0.39, 0.29) is 29.9 Å². The monoisotopic (exact) mass is 273 g/mol. The van der Waals surface area contributed by atoms with Crippen molar-refractivity contribution >= 4 is 11.9 Å². The summed E-state index contributed by atoms with van der Waals surface area (Å²) in [6, 6.07) is 8.00. The number of carbonyl (C=O) groups is 2. The Bertz CT molecular complexity index is 541. The minimum absolute atomic E-state index is 0.150. The average molecular weight is 273 g/mol. The van der Waals surface area contributed by atoms with Gasteiger partial charge in [0, 0.05) is 7.05 Å². The molecule has 2 fully saturated rings. The topological polar surface area (TPSA) is 61.4 Å². The van der Waals surface area contributed by atoms with E-state index in [4.69, 9.17) is 0 Å². The lowest BCUT2D eigenvalue weighted by Gasteiger charge is -2.45. The van der Waals surface area contributed by atoms with Gasteiger partial charge in [-0.15, -0.1) is 0 Å². The summed E-state index contributed by atoms with van der Waals surface area (Å²) in [5, 5.41) is 5.73. The van der Waals surface area contributed by atoms with Gasteiger partial charge in [-0.1, -0.05) is 29.8 Å². The van der Waals surface area contributed by atoms with Crippen LogP contribution in [0.2, 0.25) is 0 Å². The predicted octanol–water partition coefficient (Wildman–Crippen LogP) is 1.20. The number of rotatable bonds is 1. The Labute approximate surface area is 118 Å². The Morgan fingerprint density at radius 1 is 1.20 bits per heavy atom. The fourth-order valence-electron chi connectivity index (χ4n) is 3.21. The van der Waals surface area contributed by atoms with Gasteiger partial charge in [0.2, 0.25) is 5.91 Å². The number of urea groups is 1. The van der Waals surface area contributed by atoms with Crippen LogP contribution in [0.4, 0.5) is 4.79 Å². The first kappa shape index (κ1) is 13.1. The van der Waals surface area contributed by atoms with Gasteiger partial charge in [0.1, 0.15) is 0 Å². The maximum absolute atomic E-state index is 12.2. The van der Waals surface area contributed by atoms with Gasteiger partial charge in [-0.3, -0.25) is 15.4 Å². The van der Waals surface area contributed by atoms with Crippen LogP contribution in [-0.4, -0.2) is 36.6 Å². The van der Waals surface area contributed by atoms with Crippen LogP contribution in [0.3, 0.4) is 0 Å². The number of nitrogens with one attached hydrogen (secondary N) is 2. The number of imide groups is 1. The Morgan fingerprint density at radius 2 is 1.90 bits per heavy atom. The molecule has 1 aromatic rings. The minimum Gasteiger partial charge on any atom is -0.311 e. The third kappa shape index (κ3) is 2.08. The summed E-state index contributed by atoms with van der Waals surface area (Å²) in [4.78, 5) is 25.5. The summed E-state index contributed by atoms with van der Waals surface area (Å²) in [6.45, 7) is 2.86. The number of amides is 3. The second-order valence-electron chi connectivity index (χ2n) is 5.64. The zero-order valence-corrected chi connectivity index (χ0v) is 11.7. The summed E-state index contributed by atoms with van der Waals surface area (Å²) >= 11 is 0. The zero-order valence-electron chi connectivity index (χ0n) is 11.7. The van der Waals surface area contributed by atoms with Gasteiger partial charge < -0.3 is 4.90 Å². The molecule has 2 aliphatic rings. The van der Waals surface area contributed by atoms with Crippen LogP contribution in [-0.2, 0) is 4.79 Å². The first-order valence-corrected chi connectivity index (χ1v) is 6.95. The molecule has 1 aromatic carbocycles. The van der Waals surface area contributed by atoms with Gasteiger partial charge in [0.25, 0.3) is 0 Å². The van der Waals surface area contributed by atoms with Crippen LogP contribution in [0.15, 0.2) is 24.3 Å². The Balaban J connectivity index is 1.93. The van der Waals surface area contributed by atoms with Crippen molar-refractivity contribution in [2.24, 2.45) is 5.92 Å². The van der Waals surface area contributed by atoms with Crippen LogP contribution < -0.4 is 10.6 Å². The van der Waals surface area contributed by atoms with E-state index < -0.39 is 0 Å². The van der Waals surface area contributed by atoms with Crippen molar-refractivity contribution in [1.82, 2.24) is 15.5 Å². The molecule has 0 spiro atoms. The SMILES string of the molecule is Cc1ccc(C2CCNC3C2C(=O)NC(=O)N3C)cc1. The number of piperidine rings is 1. The van der Waals surface area contributed by atoms with Crippen molar-refractivity contribution in [1.29, 1.82) is 0 Å². The van der Waals surface area contributed by atoms with E-state index in [0.29, 0.717) is 0 Å². The second-order valence-corrected chi connectivity index (χ2v) is 5.64. The van der Waals surface area contributed by atoms with E-state index in [2.05, 4.69) is 41.8 Å². The number of fused-ring (bicyclic) bond motifs is 1. The van der Waals surface area contributed by atoms with Crippen LogP contribution in [0.25, 0.3) is 0 Å². The number of aryl methyl sites for hydroxylation is 1. The lowest BCUT2D eigenvalue weighted by Crippen LogP contribution is -2.66. The number of hydrogen-bond acceptors (Lipinski definition) is 3. The molecule has 3 rings (SSSR count). The number of nitrogens with zero attached hydrogens (tertiary/aromatic N) is 1. The Morgan fingerprint density at radius 3 is 2.60 bits per heavy atom. The van der Waals surface area contributed by atoms with E-state index in [1.54, 1.807) is 11.9 Å². The van der Waals surface area contributed by atoms with Crippen LogP contribution in [0.5, 0.6) is 0 Å². The van der Waals surface area contributed by atoms with Gasteiger partial charge in [-0.2, -0.15) is 0 Å². The van der Waals surface area contributed by atoms with Gasteiger partial charge in [-0.05, 0) is 31.4 Å². The zero-order chi connectivity index (χ0) is 14.3. The molecule has 2 saturated heterocycles. The molecule has 2 heterocycles. The third-order valence-electron chi connectivity index (χ3n) is 4.36. The summed E-state index contributed by atoms with van der Waals surface area (Å²) < 4.78 is 0. The Hall–Kier alpha value is -1.88. The molecule has 3 atom stereocenters. The van der Waals surface area contributed by atoms with E-state index in [0.717, 1.165) is 13.0 Å². The maximum atomic E-state index is 12.2. The highest BCUT2D eigenvalue weighted by Gasteiger charge is 2.46. The smallest absolute Gasteiger partial charge is 0.311 e. The molecule has 5 heteroatoms. The van der Waals surface area contributed by atoms with E-state index in [1.165, 1.54) is 11.1 Å². The normalized spacial score (nSPS) is 29.9. The molecule has 0 radical (unpaired) electrons. The fraction of sp³-hybridized carbons (Fsp3) is 0.467. The number of hydrogen-bond donors (Lipinski definition) is 2. The quantitative estimate of drug-likeness (QED) is 0.808. The molecule has 0 saturated carbocycles. The highest BCUT2D eigenvalue weighted by molar-refractivity contribution is 5.98. The van der Waals surface area contributed by atoms with Crippen LogP contribution >= 0.6 is 0 Å². The predicted molar refractivity (Wildman–Crippen MR) is 75.1 cm³/mol. The molecular weight excluding hydrogens is 254 g/mol. The van der Waals surface area contributed by atoms with Gasteiger partial charge in [-0.25, -0.2) is 4.79 Å². The molecule has 0 aliphatic carbocycles. The molecule has 2 N–H and O–H groups in total. The summed E-state index contributed by atoms with van der Waals surface area (Å²) in [5.74, 6) is -0.248. The van der Waals surface area contributed by atoms with Crippen LogP contribution in [0, 0.1) is 12.8 Å². The first-order chi connectivity index (χ1) is 9.58. The molecular formula is C15H19N3O2. The minimum atomic E-state index is -0.326. The summed E-state index contributed by atoms with van der Waals surface area (Å²) in [7, 11) is 1.73. The molecule has 106 valence electrons. The largest absolute Gasteiger partial charge is 0.325 e. The molecule has 0 bridgehead atoms. The van der Waals surface area contributed by atoms with Gasteiger partial charge in [0.15, 0.2) is 0 Å². The van der Waals surface area contributed by atoms with Crippen LogP contribution in [0.1, 0.15) is 23.5 Å². The molecule has 3 unspecified atom stereocenters. The lowest BCUT2D eigenvalue weighted by atomic mass is 9.77. The summed E-state index contributed by atoms with van der Waals surface area (Å²) in [5.41, 5.74) is 2.38. The maximum Gasteiger partial charge on any atom is 0.325 e. The highest BCUT2D eigenvalue weighted by Crippen LogP contribution is 2.36. The van der Waals surface area contributed by atoms with E-state index in [1.807, 2.05) is 0 Å². The van der Waals surface area contributed by atoms with Crippen molar-refractivity contribution in [3.63, 3.8) is 0 Å². The number of benzene rings is 1. The average Bonchev–Trinajstić information content (AvgIpc) is 2.45. The lowest BCUT2D eigenvalue weighted by molar-refractivity contribution is -0.130. The summed E-state index contributed by atoms with van der Waals surface area (Å²) in [6.07, 6.45) is 0.691. The molecule has 5 nitrogen and oxygen atoms in total. The standard InChI is InChI=1S/C15H19N3O2/c1-9-3-5-10(6-4-9)11-7-8-16-13-12(11)14(19)17-15(20)18(13)2/h3-6,11-13,16H,7-8H2,1-2H3,(H,17,19,20). The van der Waals surface area contributed by atoms with Crippen molar-refractivity contribution in [3.05, 3.63) is 35.4 Å². The molecule has 3 amide bonds. The van der Waals surface area contributed by atoms with Crippen molar-refractivity contribution in [2.45, 2.75) is 25.4 Å². The van der Waals surface area contributed by atoms with Crippen molar-refractivity contribution in [2.75, 3.05) is 13.6 Å². The molecule has 2 aliphatic heterocycles. The number of carbonyl (C=O) groups excluding carboxylic acids is 2. The fourth-order valence-corrected chi connectivity index (χ4v) is 3.21. The Kier molecular flexibility index (Phi) is 3.22. The van der Waals surface area contributed by atoms with E-state index in [9.17, 15) is 9.59 Å². The van der Waals surface area contributed by atoms with Gasteiger partial charge in [0.05, 0.1) is 12.1 Å². The van der Waals surface area contributed by atoms with Crippen molar-refractivity contribution in [3.8, 4) is 0 Å². The molecule has 20 heavy (non-hydrogen) atoms. The first-order valence-electron chi connectivity index (χ1n) is 6.95. The van der Waals surface area contributed by atoms with Crippen molar-refractivity contribution < 1.29 is 9.59 Å². The third-order valence-corrected chi connectivity index (χ3v) is 4.36.